The Kier molecular flexibility index (Phi) is 3.20. The first-order chi connectivity index (χ1) is 8.79. The summed E-state index contributed by atoms with van der Waals surface area (Å²) in [5.41, 5.74) is 3.37. The van der Waals surface area contributed by atoms with E-state index in [1.54, 1.807) is 11.3 Å². The highest BCUT2D eigenvalue weighted by molar-refractivity contribution is 9.10. The van der Waals surface area contributed by atoms with Gasteiger partial charge < -0.3 is 5.11 Å². The Balaban J connectivity index is 2.26. The van der Waals surface area contributed by atoms with E-state index in [-0.39, 0.29) is 6.61 Å². The van der Waals surface area contributed by atoms with Crippen molar-refractivity contribution in [3.05, 3.63) is 57.9 Å². The van der Waals surface area contributed by atoms with Crippen LogP contribution in [0, 0.1) is 0 Å². The van der Waals surface area contributed by atoms with Crippen LogP contribution in [-0.4, -0.2) is 5.11 Å². The Hall–Kier alpha value is -1.16. The van der Waals surface area contributed by atoms with Crippen LogP contribution in [-0.2, 0) is 6.61 Å². The van der Waals surface area contributed by atoms with Crippen molar-refractivity contribution in [3.8, 4) is 11.1 Å². The van der Waals surface area contributed by atoms with Crippen LogP contribution < -0.4 is 0 Å². The molecule has 1 nitrogen and oxygen atoms in total. The summed E-state index contributed by atoms with van der Waals surface area (Å²) in [5.74, 6) is 0. The van der Waals surface area contributed by atoms with E-state index in [1.807, 2.05) is 18.2 Å². The molecule has 90 valence electrons. The predicted molar refractivity (Wildman–Crippen MR) is 80.9 cm³/mol. The lowest BCUT2D eigenvalue weighted by molar-refractivity contribution is 0.282. The van der Waals surface area contributed by atoms with Crippen LogP contribution in [0.25, 0.3) is 21.2 Å². The lowest BCUT2D eigenvalue weighted by Crippen LogP contribution is -1.82. The van der Waals surface area contributed by atoms with Crippen molar-refractivity contribution in [1.82, 2.24) is 0 Å². The van der Waals surface area contributed by atoms with Gasteiger partial charge in [-0.1, -0.05) is 40.2 Å². The number of hydrogen-bond acceptors (Lipinski definition) is 2. The second-order valence-corrected chi connectivity index (χ2v) is 5.88. The van der Waals surface area contributed by atoms with Gasteiger partial charge in [0.05, 0.1) is 6.61 Å². The molecule has 0 amide bonds. The average Bonchev–Trinajstić information content (AvgIpc) is 2.82. The van der Waals surface area contributed by atoms with Crippen LogP contribution in [0.2, 0.25) is 0 Å². The van der Waals surface area contributed by atoms with E-state index in [4.69, 9.17) is 0 Å². The molecule has 0 aliphatic rings. The van der Waals surface area contributed by atoms with Crippen LogP contribution in [0.5, 0.6) is 0 Å². The summed E-state index contributed by atoms with van der Waals surface area (Å²) in [4.78, 5) is 0. The summed E-state index contributed by atoms with van der Waals surface area (Å²) in [6.45, 7) is 0.0845. The smallest absolute Gasteiger partial charge is 0.0682 e. The van der Waals surface area contributed by atoms with Crippen LogP contribution in [0.15, 0.2) is 52.3 Å². The molecule has 18 heavy (non-hydrogen) atoms. The molecule has 0 spiro atoms. The number of fused-ring (bicyclic) bond motifs is 1. The van der Waals surface area contributed by atoms with Crippen LogP contribution >= 0.6 is 27.3 Å². The minimum absolute atomic E-state index is 0.0845. The van der Waals surface area contributed by atoms with E-state index < -0.39 is 0 Å². The van der Waals surface area contributed by atoms with Crippen molar-refractivity contribution >= 4 is 37.4 Å². The monoisotopic (exact) mass is 318 g/mol. The Labute approximate surface area is 118 Å². The Morgan fingerprint density at radius 3 is 2.67 bits per heavy atom. The molecular formula is C15H11BrOS. The molecule has 0 bridgehead atoms. The van der Waals surface area contributed by atoms with E-state index in [0.717, 1.165) is 10.0 Å². The standard InChI is InChI=1S/C15H11BrOS/c16-14-4-2-1-3-11(14)13-9-18-15-6-5-10(8-17)7-12(13)15/h1-7,9,17H,8H2. The van der Waals surface area contributed by atoms with Gasteiger partial charge in [0.15, 0.2) is 0 Å². The largest absolute Gasteiger partial charge is 0.392 e. The van der Waals surface area contributed by atoms with Crippen molar-refractivity contribution in [2.45, 2.75) is 6.61 Å². The zero-order valence-electron chi connectivity index (χ0n) is 9.56. The first kappa shape index (κ1) is 11.9. The molecule has 0 aliphatic heterocycles. The van der Waals surface area contributed by atoms with Gasteiger partial charge in [-0.05, 0) is 34.7 Å². The molecule has 3 rings (SSSR count). The number of benzene rings is 2. The van der Waals surface area contributed by atoms with Gasteiger partial charge in [-0.2, -0.15) is 0 Å². The quantitative estimate of drug-likeness (QED) is 0.718. The highest BCUT2D eigenvalue weighted by Crippen LogP contribution is 2.37. The normalized spacial score (nSPS) is 11.0. The molecule has 3 heteroatoms. The molecule has 0 atom stereocenters. The fraction of sp³-hybridized carbons (Fsp3) is 0.0667. The highest BCUT2D eigenvalue weighted by Gasteiger charge is 2.09. The minimum Gasteiger partial charge on any atom is -0.392 e. The summed E-state index contributed by atoms with van der Waals surface area (Å²) in [6.07, 6.45) is 0. The van der Waals surface area contributed by atoms with Crippen molar-refractivity contribution in [3.63, 3.8) is 0 Å². The fourth-order valence-electron chi connectivity index (χ4n) is 2.06. The molecular weight excluding hydrogens is 308 g/mol. The number of aliphatic hydroxyl groups excluding tert-OH is 1. The van der Waals surface area contributed by atoms with Gasteiger partial charge in [-0.3, -0.25) is 0 Å². The predicted octanol–water partition coefficient (Wildman–Crippen LogP) is 4.82. The molecule has 0 fully saturated rings. The Bertz CT molecular complexity index is 703. The van der Waals surface area contributed by atoms with E-state index in [2.05, 4.69) is 45.6 Å². The molecule has 1 heterocycles. The highest BCUT2D eigenvalue weighted by atomic mass is 79.9. The second-order valence-electron chi connectivity index (χ2n) is 4.12. The first-order valence-corrected chi connectivity index (χ1v) is 7.33. The van der Waals surface area contributed by atoms with Gasteiger partial charge in [-0.25, -0.2) is 0 Å². The van der Waals surface area contributed by atoms with E-state index >= 15 is 0 Å². The maximum atomic E-state index is 9.24. The average molecular weight is 319 g/mol. The van der Waals surface area contributed by atoms with Crippen molar-refractivity contribution in [2.24, 2.45) is 0 Å². The van der Waals surface area contributed by atoms with E-state index in [9.17, 15) is 5.11 Å². The molecule has 2 aromatic carbocycles. The van der Waals surface area contributed by atoms with Crippen molar-refractivity contribution in [1.29, 1.82) is 0 Å². The molecule has 0 aliphatic carbocycles. The number of halogens is 1. The zero-order valence-corrected chi connectivity index (χ0v) is 12.0. The number of thiophene rings is 1. The van der Waals surface area contributed by atoms with Crippen molar-refractivity contribution in [2.75, 3.05) is 0 Å². The molecule has 0 unspecified atom stereocenters. The van der Waals surface area contributed by atoms with Crippen LogP contribution in [0.4, 0.5) is 0 Å². The van der Waals surface area contributed by atoms with Gasteiger partial charge in [0.2, 0.25) is 0 Å². The Morgan fingerprint density at radius 1 is 1.06 bits per heavy atom. The SMILES string of the molecule is OCc1ccc2scc(-c3ccccc3Br)c2c1. The summed E-state index contributed by atoms with van der Waals surface area (Å²) in [7, 11) is 0. The summed E-state index contributed by atoms with van der Waals surface area (Å²) in [5, 5.41) is 12.6. The molecule has 1 aromatic heterocycles. The maximum Gasteiger partial charge on any atom is 0.0682 e. The molecule has 1 N–H and O–H groups in total. The van der Waals surface area contributed by atoms with Gasteiger partial charge in [0.1, 0.15) is 0 Å². The lowest BCUT2D eigenvalue weighted by atomic mass is 10.0. The second kappa shape index (κ2) is 4.84. The summed E-state index contributed by atoms with van der Waals surface area (Å²) < 4.78 is 2.34. The van der Waals surface area contributed by atoms with Crippen LogP contribution in [0.3, 0.4) is 0 Å². The lowest BCUT2D eigenvalue weighted by Gasteiger charge is -2.04. The molecule has 0 saturated heterocycles. The third-order valence-corrected chi connectivity index (χ3v) is 4.64. The number of hydrogen-bond donors (Lipinski definition) is 1. The fourth-order valence-corrected chi connectivity index (χ4v) is 3.50. The van der Waals surface area contributed by atoms with Gasteiger partial charge >= 0.3 is 0 Å². The number of rotatable bonds is 2. The third kappa shape index (κ3) is 1.99. The Morgan fingerprint density at radius 2 is 1.89 bits per heavy atom. The molecule has 3 aromatic rings. The minimum atomic E-state index is 0.0845. The van der Waals surface area contributed by atoms with Gasteiger partial charge in [0, 0.05) is 20.1 Å². The third-order valence-electron chi connectivity index (χ3n) is 2.98. The van der Waals surface area contributed by atoms with Gasteiger partial charge in [0.25, 0.3) is 0 Å². The zero-order chi connectivity index (χ0) is 12.5. The topological polar surface area (TPSA) is 20.2 Å². The number of aliphatic hydroxyl groups is 1. The first-order valence-electron chi connectivity index (χ1n) is 5.65. The van der Waals surface area contributed by atoms with Gasteiger partial charge in [-0.15, -0.1) is 11.3 Å². The van der Waals surface area contributed by atoms with Crippen molar-refractivity contribution < 1.29 is 5.11 Å². The summed E-state index contributed by atoms with van der Waals surface area (Å²) >= 11 is 5.33. The summed E-state index contributed by atoms with van der Waals surface area (Å²) in [6, 6.07) is 14.3. The van der Waals surface area contributed by atoms with E-state index in [1.165, 1.54) is 21.2 Å². The maximum absolute atomic E-state index is 9.24. The molecule has 0 saturated carbocycles. The molecule has 0 radical (unpaired) electrons. The van der Waals surface area contributed by atoms with Crippen LogP contribution in [0.1, 0.15) is 5.56 Å². The van der Waals surface area contributed by atoms with E-state index in [0.29, 0.717) is 0 Å².